The number of hydrogen-bond donors (Lipinski definition) is 3. The number of nitrogens with two attached hydrogens (primary N) is 1. The first-order chi connectivity index (χ1) is 17.4. The number of carbonyl (C=O) groups is 3. The molecule has 4 rings (SSSR count). The smallest absolute Gasteiger partial charge is 0.251 e. The SMILES string of the molecule is NCc1ccc(CNC(=O)c2ccc3c(c2)NC(CC(=O)[O-])C(=O)N(CCc2ccccc2)C3)cc1. The third-order valence-corrected chi connectivity index (χ3v) is 6.27. The molecule has 1 aliphatic rings. The van der Waals surface area contributed by atoms with Gasteiger partial charge in [-0.1, -0.05) is 60.7 Å². The Hall–Kier alpha value is -4.17. The number of carboxylic acid groups (broad SMARTS) is 1. The number of rotatable bonds is 9. The number of benzene rings is 3. The Balaban J connectivity index is 1.49. The highest BCUT2D eigenvalue weighted by atomic mass is 16.4. The Labute approximate surface area is 210 Å². The molecule has 8 heteroatoms. The second-order valence-electron chi connectivity index (χ2n) is 8.84. The fourth-order valence-corrected chi connectivity index (χ4v) is 4.22. The minimum atomic E-state index is -1.32. The predicted molar refractivity (Wildman–Crippen MR) is 135 cm³/mol. The summed E-state index contributed by atoms with van der Waals surface area (Å²) in [6, 6.07) is 21.7. The van der Waals surface area contributed by atoms with Crippen LogP contribution in [0.1, 0.15) is 39.0 Å². The van der Waals surface area contributed by atoms with E-state index in [0.29, 0.717) is 43.9 Å². The Bertz CT molecular complexity index is 1230. The van der Waals surface area contributed by atoms with Gasteiger partial charge in [-0.25, -0.2) is 0 Å². The van der Waals surface area contributed by atoms with Gasteiger partial charge in [-0.3, -0.25) is 9.59 Å². The zero-order valence-corrected chi connectivity index (χ0v) is 19.9. The highest BCUT2D eigenvalue weighted by molar-refractivity contribution is 5.96. The molecule has 0 fully saturated rings. The molecule has 4 N–H and O–H groups in total. The number of aliphatic carboxylic acids is 1. The number of nitrogens with zero attached hydrogens (tertiary/aromatic N) is 1. The molecule has 0 aliphatic carbocycles. The summed E-state index contributed by atoms with van der Waals surface area (Å²) in [5.74, 6) is -1.89. The van der Waals surface area contributed by atoms with Gasteiger partial charge in [0.2, 0.25) is 5.91 Å². The van der Waals surface area contributed by atoms with Crippen molar-refractivity contribution in [3.63, 3.8) is 0 Å². The standard InChI is InChI=1S/C28H30N4O4/c29-16-20-6-8-21(9-7-20)17-30-27(35)22-10-11-23-18-32(13-12-19-4-2-1-3-5-19)28(36)25(15-26(33)34)31-24(23)14-22/h1-11,14,25,31H,12-13,15-18,29H2,(H,30,35)(H,33,34)/p-1. The third-order valence-electron chi connectivity index (χ3n) is 6.27. The van der Waals surface area contributed by atoms with E-state index in [1.165, 1.54) is 0 Å². The van der Waals surface area contributed by atoms with E-state index in [4.69, 9.17) is 5.73 Å². The van der Waals surface area contributed by atoms with E-state index in [-0.39, 0.29) is 11.8 Å². The summed E-state index contributed by atoms with van der Waals surface area (Å²) in [6.07, 6.45) is 0.183. The first kappa shape index (κ1) is 24.9. The Morgan fingerprint density at radius 2 is 1.72 bits per heavy atom. The van der Waals surface area contributed by atoms with Crippen molar-refractivity contribution in [2.45, 2.75) is 38.5 Å². The highest BCUT2D eigenvalue weighted by Crippen LogP contribution is 2.26. The normalized spacial score (nSPS) is 15.0. The molecule has 0 saturated heterocycles. The van der Waals surface area contributed by atoms with Crippen LogP contribution in [0.4, 0.5) is 5.69 Å². The number of anilines is 1. The van der Waals surface area contributed by atoms with Gasteiger partial charge in [-0.15, -0.1) is 0 Å². The first-order valence-electron chi connectivity index (χ1n) is 11.9. The fourth-order valence-electron chi connectivity index (χ4n) is 4.22. The lowest BCUT2D eigenvalue weighted by molar-refractivity contribution is -0.305. The highest BCUT2D eigenvalue weighted by Gasteiger charge is 2.29. The quantitative estimate of drug-likeness (QED) is 0.422. The number of nitrogens with one attached hydrogen (secondary N) is 2. The van der Waals surface area contributed by atoms with Crippen LogP contribution in [0.2, 0.25) is 0 Å². The molecule has 0 saturated carbocycles. The van der Waals surface area contributed by atoms with Crippen molar-refractivity contribution in [2.24, 2.45) is 5.73 Å². The van der Waals surface area contributed by atoms with Gasteiger partial charge in [0.1, 0.15) is 6.04 Å². The lowest BCUT2D eigenvalue weighted by Gasteiger charge is -2.25. The molecule has 0 aromatic heterocycles. The number of amides is 2. The summed E-state index contributed by atoms with van der Waals surface area (Å²) in [6.45, 7) is 1.57. The van der Waals surface area contributed by atoms with E-state index < -0.39 is 18.4 Å². The van der Waals surface area contributed by atoms with Crippen molar-refractivity contribution in [1.82, 2.24) is 10.2 Å². The van der Waals surface area contributed by atoms with E-state index in [9.17, 15) is 19.5 Å². The van der Waals surface area contributed by atoms with E-state index in [0.717, 1.165) is 22.3 Å². The van der Waals surface area contributed by atoms with Gasteiger partial charge in [0.15, 0.2) is 0 Å². The molecule has 1 unspecified atom stereocenters. The molecule has 186 valence electrons. The van der Waals surface area contributed by atoms with E-state index in [1.54, 1.807) is 23.1 Å². The van der Waals surface area contributed by atoms with Crippen molar-refractivity contribution >= 4 is 23.5 Å². The van der Waals surface area contributed by atoms with Gasteiger partial charge in [-0.05, 0) is 40.8 Å². The van der Waals surface area contributed by atoms with Crippen LogP contribution >= 0.6 is 0 Å². The molecule has 1 atom stereocenters. The van der Waals surface area contributed by atoms with Gasteiger partial charge >= 0.3 is 0 Å². The zero-order valence-electron chi connectivity index (χ0n) is 19.9. The average Bonchev–Trinajstić information content (AvgIpc) is 3.02. The van der Waals surface area contributed by atoms with Crippen molar-refractivity contribution in [3.05, 3.63) is 101 Å². The van der Waals surface area contributed by atoms with E-state index in [2.05, 4.69) is 10.6 Å². The molecule has 1 heterocycles. The third kappa shape index (κ3) is 6.28. The van der Waals surface area contributed by atoms with Crippen molar-refractivity contribution in [2.75, 3.05) is 11.9 Å². The largest absolute Gasteiger partial charge is 0.550 e. The summed E-state index contributed by atoms with van der Waals surface area (Å²) in [4.78, 5) is 39.0. The van der Waals surface area contributed by atoms with Crippen LogP contribution < -0.4 is 21.5 Å². The summed E-state index contributed by atoms with van der Waals surface area (Å²) in [7, 11) is 0. The van der Waals surface area contributed by atoms with Crippen LogP contribution in [0.15, 0.2) is 72.8 Å². The maximum absolute atomic E-state index is 13.2. The number of hydrogen-bond acceptors (Lipinski definition) is 6. The maximum Gasteiger partial charge on any atom is 0.251 e. The summed E-state index contributed by atoms with van der Waals surface area (Å²) in [5.41, 5.74) is 10.5. The van der Waals surface area contributed by atoms with Gasteiger partial charge in [-0.2, -0.15) is 0 Å². The van der Waals surface area contributed by atoms with Crippen LogP contribution in [-0.4, -0.2) is 35.3 Å². The van der Waals surface area contributed by atoms with Crippen LogP contribution in [0.25, 0.3) is 0 Å². The van der Waals surface area contributed by atoms with Crippen LogP contribution in [0, 0.1) is 0 Å². The zero-order chi connectivity index (χ0) is 25.5. The minimum absolute atomic E-state index is 0.268. The van der Waals surface area contributed by atoms with Gasteiger partial charge < -0.3 is 31.2 Å². The Morgan fingerprint density at radius 1 is 1.00 bits per heavy atom. The van der Waals surface area contributed by atoms with Crippen molar-refractivity contribution in [1.29, 1.82) is 0 Å². The van der Waals surface area contributed by atoms with Gasteiger partial charge in [0, 0.05) is 49.8 Å². The van der Waals surface area contributed by atoms with Crippen LogP contribution in [0.5, 0.6) is 0 Å². The lowest BCUT2D eigenvalue weighted by Crippen LogP contribution is -2.44. The molecule has 36 heavy (non-hydrogen) atoms. The monoisotopic (exact) mass is 485 g/mol. The van der Waals surface area contributed by atoms with Crippen molar-refractivity contribution in [3.8, 4) is 0 Å². The second kappa shape index (κ2) is 11.5. The fraction of sp³-hybridized carbons (Fsp3) is 0.250. The molecule has 0 radical (unpaired) electrons. The summed E-state index contributed by atoms with van der Waals surface area (Å²) in [5, 5.41) is 17.3. The number of carboxylic acids is 1. The predicted octanol–water partition coefficient (Wildman–Crippen LogP) is 1.58. The molecule has 0 spiro atoms. The number of carbonyl (C=O) groups excluding carboxylic acids is 3. The molecule has 2 amide bonds. The molecule has 1 aliphatic heterocycles. The molecule has 3 aromatic rings. The first-order valence-corrected chi connectivity index (χ1v) is 11.9. The Kier molecular flexibility index (Phi) is 7.97. The maximum atomic E-state index is 13.2. The van der Waals surface area contributed by atoms with E-state index in [1.807, 2.05) is 54.6 Å². The molecular weight excluding hydrogens is 456 g/mol. The lowest BCUT2D eigenvalue weighted by atomic mass is 10.1. The second-order valence-corrected chi connectivity index (χ2v) is 8.84. The van der Waals surface area contributed by atoms with Crippen LogP contribution in [0.3, 0.4) is 0 Å². The molecular formula is C28H29N4O4-. The summed E-state index contributed by atoms with van der Waals surface area (Å²) >= 11 is 0. The Morgan fingerprint density at radius 3 is 2.42 bits per heavy atom. The van der Waals surface area contributed by atoms with E-state index >= 15 is 0 Å². The topological polar surface area (TPSA) is 128 Å². The summed E-state index contributed by atoms with van der Waals surface area (Å²) < 4.78 is 0. The van der Waals surface area contributed by atoms with Crippen molar-refractivity contribution < 1.29 is 19.5 Å². The molecule has 0 bridgehead atoms. The molecule has 8 nitrogen and oxygen atoms in total. The van der Waals surface area contributed by atoms with Crippen LogP contribution in [-0.2, 0) is 35.6 Å². The van der Waals surface area contributed by atoms with Gasteiger partial charge in [0.25, 0.3) is 5.91 Å². The minimum Gasteiger partial charge on any atom is -0.550 e. The average molecular weight is 486 g/mol. The number of fused-ring (bicyclic) bond motifs is 1. The molecule has 3 aromatic carbocycles. The van der Waals surface area contributed by atoms with Gasteiger partial charge in [0.05, 0.1) is 0 Å².